The summed E-state index contributed by atoms with van der Waals surface area (Å²) in [5, 5.41) is 0.992. The maximum atomic E-state index is 12.4. The van der Waals surface area contributed by atoms with Crippen LogP contribution in [-0.2, 0) is 0 Å². The van der Waals surface area contributed by atoms with Crippen LogP contribution >= 0.6 is 0 Å². The van der Waals surface area contributed by atoms with Crippen molar-refractivity contribution in [3.63, 3.8) is 0 Å². The summed E-state index contributed by atoms with van der Waals surface area (Å²) in [6.45, 7) is 2.92. The normalized spacial score (nSPS) is 16.8. The number of ketones is 1. The Balaban J connectivity index is 0.00000196. The van der Waals surface area contributed by atoms with E-state index in [1.54, 1.807) is 0 Å². The molecule has 1 aliphatic heterocycles. The van der Waals surface area contributed by atoms with Crippen molar-refractivity contribution >= 4 is 22.3 Å². The average molecular weight is 368 g/mol. The highest BCUT2D eigenvalue weighted by Gasteiger charge is 2.19. The van der Waals surface area contributed by atoms with Gasteiger partial charge in [0.05, 0.1) is 26.1 Å². The highest BCUT2D eigenvalue weighted by Crippen LogP contribution is 2.20. The lowest BCUT2D eigenvalue weighted by Crippen LogP contribution is -3.12. The van der Waals surface area contributed by atoms with Gasteiger partial charge in [-0.2, -0.15) is 0 Å². The minimum atomic E-state index is 0. The van der Waals surface area contributed by atoms with Gasteiger partial charge >= 0.3 is 0 Å². The van der Waals surface area contributed by atoms with Crippen LogP contribution in [0.5, 0.6) is 0 Å². The van der Waals surface area contributed by atoms with Crippen molar-refractivity contribution in [3.05, 3.63) is 78.1 Å². The van der Waals surface area contributed by atoms with Crippen molar-refractivity contribution in [2.45, 2.75) is 12.8 Å². The number of halogens is 1. The lowest BCUT2D eigenvalue weighted by atomic mass is 9.99. The van der Waals surface area contributed by atoms with Crippen molar-refractivity contribution in [2.75, 3.05) is 19.6 Å². The predicted octanol–water partition coefficient (Wildman–Crippen LogP) is 0.382. The van der Waals surface area contributed by atoms with Gasteiger partial charge in [-0.25, -0.2) is 0 Å². The highest BCUT2D eigenvalue weighted by atomic mass is 35.5. The van der Waals surface area contributed by atoms with E-state index in [1.165, 1.54) is 16.0 Å². The first kappa shape index (κ1) is 18.4. The van der Waals surface area contributed by atoms with E-state index in [9.17, 15) is 4.79 Å². The van der Waals surface area contributed by atoms with Crippen LogP contribution in [0.1, 0.15) is 29.0 Å². The first-order valence-corrected chi connectivity index (χ1v) is 8.89. The zero-order valence-electron chi connectivity index (χ0n) is 14.6. The molecule has 0 spiro atoms. The van der Waals surface area contributed by atoms with Crippen LogP contribution in [-0.4, -0.2) is 25.4 Å². The SMILES string of the molecule is O=C(CC[NH+]1CC=C(c2ccccc2)CC1)c1cc2ccccc2o1.[Cl-]. The van der Waals surface area contributed by atoms with Crippen molar-refractivity contribution in [2.24, 2.45) is 0 Å². The number of carbonyl (C=O) groups excluding carboxylic acids is 1. The smallest absolute Gasteiger partial charge is 0.203 e. The fourth-order valence-electron chi connectivity index (χ4n) is 3.46. The third kappa shape index (κ3) is 4.06. The molecule has 0 saturated heterocycles. The molecule has 26 heavy (non-hydrogen) atoms. The number of furan rings is 1. The Kier molecular flexibility index (Phi) is 5.92. The molecule has 0 aliphatic carbocycles. The predicted molar refractivity (Wildman–Crippen MR) is 99.8 cm³/mol. The van der Waals surface area contributed by atoms with Gasteiger partial charge in [0, 0.05) is 11.8 Å². The Labute approximate surface area is 159 Å². The molecule has 0 fully saturated rings. The second-order valence-corrected chi connectivity index (χ2v) is 6.62. The number of quaternary nitrogens is 1. The maximum Gasteiger partial charge on any atom is 0.203 e. The van der Waals surface area contributed by atoms with Crippen LogP contribution in [0.4, 0.5) is 0 Å². The van der Waals surface area contributed by atoms with E-state index >= 15 is 0 Å². The standard InChI is InChI=1S/C22H21NO2.ClH/c24-20(22-16-19-8-4-5-9-21(19)25-22)12-15-23-13-10-18(11-14-23)17-6-2-1-3-7-17;/h1-10,16H,11-15H2;1H. The number of fused-ring (bicyclic) bond motifs is 1. The van der Waals surface area contributed by atoms with Crippen LogP contribution in [0.2, 0.25) is 0 Å². The Hall–Kier alpha value is -2.36. The molecule has 1 unspecified atom stereocenters. The Morgan fingerprint density at radius 3 is 2.54 bits per heavy atom. The molecule has 0 saturated carbocycles. The molecule has 0 amide bonds. The van der Waals surface area contributed by atoms with Gasteiger partial charge in [-0.15, -0.1) is 0 Å². The molecule has 0 bridgehead atoms. The quantitative estimate of drug-likeness (QED) is 0.662. The summed E-state index contributed by atoms with van der Waals surface area (Å²) in [4.78, 5) is 13.9. The number of nitrogens with one attached hydrogen (secondary N) is 1. The summed E-state index contributed by atoms with van der Waals surface area (Å²) in [7, 11) is 0. The molecular formula is C22H22ClNO2. The minimum absolute atomic E-state index is 0. The second-order valence-electron chi connectivity index (χ2n) is 6.62. The molecule has 4 rings (SSSR count). The zero-order chi connectivity index (χ0) is 17.1. The van der Waals surface area contributed by atoms with Crippen molar-refractivity contribution in [3.8, 4) is 0 Å². The number of hydrogen-bond acceptors (Lipinski definition) is 2. The van der Waals surface area contributed by atoms with E-state index in [-0.39, 0.29) is 18.2 Å². The van der Waals surface area contributed by atoms with Gasteiger partial charge < -0.3 is 21.7 Å². The van der Waals surface area contributed by atoms with E-state index < -0.39 is 0 Å². The van der Waals surface area contributed by atoms with Gasteiger partial charge in [0.1, 0.15) is 5.58 Å². The monoisotopic (exact) mass is 367 g/mol. The first-order valence-electron chi connectivity index (χ1n) is 8.89. The van der Waals surface area contributed by atoms with E-state index in [4.69, 9.17) is 4.42 Å². The third-order valence-electron chi connectivity index (χ3n) is 4.94. The molecule has 2 heterocycles. The summed E-state index contributed by atoms with van der Waals surface area (Å²) >= 11 is 0. The molecule has 1 aromatic heterocycles. The fraction of sp³-hybridized carbons (Fsp3) is 0.227. The number of para-hydroxylation sites is 1. The van der Waals surface area contributed by atoms with Gasteiger partial charge in [-0.3, -0.25) is 4.79 Å². The number of carbonyl (C=O) groups is 1. The van der Waals surface area contributed by atoms with Crippen LogP contribution < -0.4 is 17.3 Å². The van der Waals surface area contributed by atoms with Gasteiger partial charge in [0.15, 0.2) is 5.76 Å². The molecule has 4 heteroatoms. The minimum Gasteiger partial charge on any atom is -1.00 e. The van der Waals surface area contributed by atoms with E-state index in [0.717, 1.165) is 37.0 Å². The summed E-state index contributed by atoms with van der Waals surface area (Å²) in [6.07, 6.45) is 3.92. The lowest BCUT2D eigenvalue weighted by Gasteiger charge is -2.23. The molecule has 3 aromatic rings. The molecule has 2 aromatic carbocycles. The van der Waals surface area contributed by atoms with Crippen LogP contribution in [0, 0.1) is 0 Å². The largest absolute Gasteiger partial charge is 1.00 e. The third-order valence-corrected chi connectivity index (χ3v) is 4.94. The second kappa shape index (κ2) is 8.35. The van der Waals surface area contributed by atoms with Crippen LogP contribution in [0.3, 0.4) is 0 Å². The van der Waals surface area contributed by atoms with Gasteiger partial charge in [0.25, 0.3) is 0 Å². The van der Waals surface area contributed by atoms with Gasteiger partial charge in [-0.05, 0) is 29.3 Å². The topological polar surface area (TPSA) is 34.7 Å². The van der Waals surface area contributed by atoms with Crippen LogP contribution in [0.15, 0.2) is 71.2 Å². The highest BCUT2D eigenvalue weighted by molar-refractivity contribution is 5.97. The van der Waals surface area contributed by atoms with Crippen molar-refractivity contribution < 1.29 is 26.5 Å². The number of benzene rings is 2. The zero-order valence-corrected chi connectivity index (χ0v) is 15.3. The lowest BCUT2D eigenvalue weighted by molar-refractivity contribution is -0.894. The first-order chi connectivity index (χ1) is 12.3. The Bertz CT molecular complexity index is 881. The molecule has 3 nitrogen and oxygen atoms in total. The van der Waals surface area contributed by atoms with Crippen LogP contribution in [0.25, 0.3) is 16.5 Å². The molecule has 134 valence electrons. The molecular weight excluding hydrogens is 346 g/mol. The molecule has 0 radical (unpaired) electrons. The number of rotatable bonds is 5. The van der Waals surface area contributed by atoms with E-state index in [0.29, 0.717) is 12.2 Å². The summed E-state index contributed by atoms with van der Waals surface area (Å²) in [5.74, 6) is 0.583. The Morgan fingerprint density at radius 2 is 1.81 bits per heavy atom. The number of hydrogen-bond donors (Lipinski definition) is 1. The van der Waals surface area contributed by atoms with Crippen molar-refractivity contribution in [1.29, 1.82) is 0 Å². The van der Waals surface area contributed by atoms with Gasteiger partial charge in [0.2, 0.25) is 5.78 Å². The number of Topliss-reactive ketones (excluding diaryl/α,β-unsaturated/α-hetero) is 1. The van der Waals surface area contributed by atoms with Crippen molar-refractivity contribution in [1.82, 2.24) is 0 Å². The average Bonchev–Trinajstić information content (AvgIpc) is 3.11. The molecule has 1 atom stereocenters. The fourth-order valence-corrected chi connectivity index (χ4v) is 3.46. The van der Waals surface area contributed by atoms with E-state index in [1.807, 2.05) is 36.4 Å². The summed E-state index contributed by atoms with van der Waals surface area (Å²) in [6, 6.07) is 20.2. The molecule has 1 aliphatic rings. The van der Waals surface area contributed by atoms with E-state index in [2.05, 4.69) is 30.3 Å². The van der Waals surface area contributed by atoms with Gasteiger partial charge in [-0.1, -0.05) is 48.5 Å². The summed E-state index contributed by atoms with van der Waals surface area (Å²) < 4.78 is 5.67. The Morgan fingerprint density at radius 1 is 1.04 bits per heavy atom. The molecule has 1 N–H and O–H groups in total. The maximum absolute atomic E-state index is 12.4. The summed E-state index contributed by atoms with van der Waals surface area (Å²) in [5.41, 5.74) is 3.53.